The largest absolute Gasteiger partial charge is 0.377 e. The van der Waals surface area contributed by atoms with Crippen LogP contribution in [0.4, 0.5) is 0 Å². The summed E-state index contributed by atoms with van der Waals surface area (Å²) in [5.74, 6) is 0.811. The lowest BCUT2D eigenvalue weighted by atomic mass is 9.92. The number of thiocarbonyl (C=S) groups is 1. The Labute approximate surface area is 174 Å². The molecule has 0 radical (unpaired) electrons. The van der Waals surface area contributed by atoms with Crippen molar-refractivity contribution >= 4 is 23.4 Å². The lowest BCUT2D eigenvalue weighted by Gasteiger charge is -2.31. The second-order valence-electron chi connectivity index (χ2n) is 7.59. The van der Waals surface area contributed by atoms with E-state index < -0.39 is 0 Å². The highest BCUT2D eigenvalue weighted by atomic mass is 32.1. The highest BCUT2D eigenvalue weighted by Crippen LogP contribution is 2.22. The molecule has 0 aliphatic carbocycles. The molecule has 0 unspecified atom stereocenters. The van der Waals surface area contributed by atoms with E-state index >= 15 is 0 Å². The number of hydrogen-bond donors (Lipinski definition) is 1. The third kappa shape index (κ3) is 6.68. The van der Waals surface area contributed by atoms with Crippen LogP contribution in [0, 0.1) is 5.92 Å². The number of likely N-dealkylation sites (tertiary alicyclic amines) is 1. The lowest BCUT2D eigenvalue weighted by molar-refractivity contribution is 0.228. The molecule has 1 fully saturated rings. The molecule has 0 bridgehead atoms. The van der Waals surface area contributed by atoms with Gasteiger partial charge in [-0.25, -0.2) is 0 Å². The molecule has 1 aliphatic rings. The van der Waals surface area contributed by atoms with Crippen molar-refractivity contribution in [2.24, 2.45) is 11.7 Å². The molecule has 2 N–H and O–H groups in total. The number of nitrogens with two attached hydrogens (primary N) is 1. The molecule has 1 heterocycles. The summed E-state index contributed by atoms with van der Waals surface area (Å²) < 4.78 is 0. The number of nitrogens with zero attached hydrogens (tertiary/aromatic N) is 2. The summed E-state index contributed by atoms with van der Waals surface area (Å²) in [6, 6.07) is 20.9. The molecule has 28 heavy (non-hydrogen) atoms. The van der Waals surface area contributed by atoms with Gasteiger partial charge >= 0.3 is 0 Å². The van der Waals surface area contributed by atoms with E-state index in [1.807, 2.05) is 6.07 Å². The van der Waals surface area contributed by atoms with E-state index in [0.29, 0.717) is 5.11 Å². The number of rotatable bonds is 8. The van der Waals surface area contributed by atoms with Crippen LogP contribution in [0.5, 0.6) is 0 Å². The Bertz CT molecular complexity index is 737. The quantitative estimate of drug-likeness (QED) is 0.647. The monoisotopic (exact) mass is 393 g/mol. The number of benzene rings is 2. The Kier molecular flexibility index (Phi) is 7.92. The fraction of sp³-hybridized carbons (Fsp3) is 0.375. The van der Waals surface area contributed by atoms with Crippen LogP contribution < -0.4 is 5.73 Å². The first-order chi connectivity index (χ1) is 13.7. The topological polar surface area (TPSA) is 32.5 Å². The maximum atomic E-state index is 5.95. The minimum absolute atomic E-state index is 0.504. The smallest absolute Gasteiger partial charge is 0.166 e. The molecular weight excluding hydrogens is 362 g/mol. The zero-order chi connectivity index (χ0) is 19.6. The maximum absolute atomic E-state index is 5.95. The molecular formula is C24H31N3S. The van der Waals surface area contributed by atoms with Crippen molar-refractivity contribution in [3.8, 4) is 0 Å². The third-order valence-electron chi connectivity index (χ3n) is 5.49. The molecule has 2 aromatic carbocycles. The van der Waals surface area contributed by atoms with Crippen molar-refractivity contribution in [2.45, 2.75) is 32.2 Å². The van der Waals surface area contributed by atoms with Crippen LogP contribution in [0.25, 0.3) is 6.08 Å². The van der Waals surface area contributed by atoms with Gasteiger partial charge in [-0.2, -0.15) is 0 Å². The van der Waals surface area contributed by atoms with E-state index in [0.717, 1.165) is 38.5 Å². The van der Waals surface area contributed by atoms with Crippen molar-refractivity contribution in [1.29, 1.82) is 0 Å². The Balaban J connectivity index is 1.37. The van der Waals surface area contributed by atoms with Gasteiger partial charge in [0, 0.05) is 26.2 Å². The van der Waals surface area contributed by atoms with Crippen LogP contribution in [0.3, 0.4) is 0 Å². The fourth-order valence-electron chi connectivity index (χ4n) is 3.79. The molecule has 3 rings (SSSR count). The van der Waals surface area contributed by atoms with Crippen molar-refractivity contribution in [2.75, 3.05) is 19.6 Å². The van der Waals surface area contributed by atoms with Crippen LogP contribution >= 0.6 is 12.2 Å². The molecule has 3 nitrogen and oxygen atoms in total. The zero-order valence-electron chi connectivity index (χ0n) is 16.5. The van der Waals surface area contributed by atoms with Crippen LogP contribution in [-0.2, 0) is 6.54 Å². The Morgan fingerprint density at radius 2 is 1.68 bits per heavy atom. The van der Waals surface area contributed by atoms with Crippen molar-refractivity contribution in [3.63, 3.8) is 0 Å². The van der Waals surface area contributed by atoms with E-state index in [9.17, 15) is 0 Å². The summed E-state index contributed by atoms with van der Waals surface area (Å²) in [6.45, 7) is 4.05. The number of hydrogen-bond acceptors (Lipinski definition) is 2. The number of piperidine rings is 1. The molecule has 2 aromatic rings. The first-order valence-electron chi connectivity index (χ1n) is 10.3. The summed E-state index contributed by atoms with van der Waals surface area (Å²) in [5.41, 5.74) is 8.47. The molecule has 0 aromatic heterocycles. The third-order valence-corrected chi connectivity index (χ3v) is 5.75. The van der Waals surface area contributed by atoms with Gasteiger partial charge < -0.3 is 15.5 Å². The summed E-state index contributed by atoms with van der Waals surface area (Å²) in [5, 5.41) is 0.504. The average Bonchev–Trinajstić information content (AvgIpc) is 2.74. The van der Waals surface area contributed by atoms with Crippen LogP contribution in [0.15, 0.2) is 66.9 Å². The molecule has 0 amide bonds. The average molecular weight is 394 g/mol. The molecule has 1 saturated heterocycles. The van der Waals surface area contributed by atoms with Gasteiger partial charge in [-0.15, -0.1) is 0 Å². The molecule has 0 saturated carbocycles. The van der Waals surface area contributed by atoms with Gasteiger partial charge in [0.15, 0.2) is 5.11 Å². The van der Waals surface area contributed by atoms with Gasteiger partial charge in [-0.1, -0.05) is 60.7 Å². The lowest BCUT2D eigenvalue weighted by Crippen LogP contribution is -2.36. The van der Waals surface area contributed by atoms with E-state index in [4.69, 9.17) is 18.0 Å². The molecule has 4 heteroatoms. The van der Waals surface area contributed by atoms with Gasteiger partial charge in [0.25, 0.3) is 0 Å². The van der Waals surface area contributed by atoms with Gasteiger partial charge in [0.1, 0.15) is 0 Å². The predicted octanol–water partition coefficient (Wildman–Crippen LogP) is 4.90. The van der Waals surface area contributed by atoms with Gasteiger partial charge in [0.05, 0.1) is 0 Å². The zero-order valence-corrected chi connectivity index (χ0v) is 17.4. The van der Waals surface area contributed by atoms with Crippen LogP contribution in [0.1, 0.15) is 36.8 Å². The van der Waals surface area contributed by atoms with Gasteiger partial charge in [-0.3, -0.25) is 0 Å². The summed E-state index contributed by atoms with van der Waals surface area (Å²) in [4.78, 5) is 4.57. The van der Waals surface area contributed by atoms with Gasteiger partial charge in [-0.05, 0) is 67.2 Å². The molecule has 0 spiro atoms. The highest BCUT2D eigenvalue weighted by Gasteiger charge is 2.17. The maximum Gasteiger partial charge on any atom is 0.166 e. The van der Waals surface area contributed by atoms with Gasteiger partial charge in [0.2, 0.25) is 0 Å². The standard InChI is InChI=1S/C24H31N3S/c25-24(28)27(20-23-10-5-2-6-11-23)16-7-12-22-14-18-26(19-15-22)17-13-21-8-3-1-4-9-21/h1-6,8-11,13,17,22H,7,12,14-16,18-20H2,(H2,25,28). The summed E-state index contributed by atoms with van der Waals surface area (Å²) in [6.07, 6.45) is 9.40. The minimum atomic E-state index is 0.504. The second-order valence-corrected chi connectivity index (χ2v) is 8.01. The van der Waals surface area contributed by atoms with E-state index in [1.54, 1.807) is 0 Å². The predicted molar refractivity (Wildman–Crippen MR) is 123 cm³/mol. The SMILES string of the molecule is NC(=S)N(CCCC1CCN(C=Cc2ccccc2)CC1)Cc1ccccc1. The summed E-state index contributed by atoms with van der Waals surface area (Å²) in [7, 11) is 0. The Morgan fingerprint density at radius 3 is 2.32 bits per heavy atom. The highest BCUT2D eigenvalue weighted by molar-refractivity contribution is 7.80. The van der Waals surface area contributed by atoms with Crippen molar-refractivity contribution < 1.29 is 0 Å². The first kappa shape index (κ1) is 20.4. The van der Waals surface area contributed by atoms with E-state index in [2.05, 4.69) is 76.7 Å². The van der Waals surface area contributed by atoms with Crippen LogP contribution in [-0.4, -0.2) is 34.5 Å². The van der Waals surface area contributed by atoms with E-state index in [-0.39, 0.29) is 0 Å². The van der Waals surface area contributed by atoms with E-state index in [1.165, 1.54) is 30.4 Å². The summed E-state index contributed by atoms with van der Waals surface area (Å²) >= 11 is 5.26. The minimum Gasteiger partial charge on any atom is -0.377 e. The molecule has 1 aliphatic heterocycles. The van der Waals surface area contributed by atoms with Crippen molar-refractivity contribution in [3.05, 3.63) is 78.0 Å². The fourth-order valence-corrected chi connectivity index (χ4v) is 3.94. The Morgan fingerprint density at radius 1 is 1.04 bits per heavy atom. The second kappa shape index (κ2) is 10.9. The first-order valence-corrected chi connectivity index (χ1v) is 10.7. The molecule has 148 valence electrons. The molecule has 0 atom stereocenters. The van der Waals surface area contributed by atoms with Crippen molar-refractivity contribution in [1.82, 2.24) is 9.80 Å². The van der Waals surface area contributed by atoms with Crippen LogP contribution in [0.2, 0.25) is 0 Å². The Hall–Kier alpha value is -2.33. The normalized spacial score (nSPS) is 15.1.